The molecular formula is C18H25N3O4S. The summed E-state index contributed by atoms with van der Waals surface area (Å²) in [4.78, 5) is 36.5. The van der Waals surface area contributed by atoms with Crippen LogP contribution in [0.4, 0.5) is 0 Å². The summed E-state index contributed by atoms with van der Waals surface area (Å²) in [5.74, 6) is 0.476. The van der Waals surface area contributed by atoms with E-state index in [0.717, 1.165) is 18.6 Å². The molecule has 1 aromatic carbocycles. The predicted octanol–water partition coefficient (Wildman–Crippen LogP) is 0.942. The van der Waals surface area contributed by atoms with E-state index in [9.17, 15) is 14.4 Å². The van der Waals surface area contributed by atoms with E-state index in [1.165, 1.54) is 0 Å². The molecule has 1 aliphatic carbocycles. The van der Waals surface area contributed by atoms with Gasteiger partial charge in [-0.15, -0.1) is 0 Å². The first-order chi connectivity index (χ1) is 12.5. The number of rotatable bonds is 10. The molecule has 26 heavy (non-hydrogen) atoms. The molecule has 7 nitrogen and oxygen atoms in total. The fraction of sp³-hybridized carbons (Fsp3) is 0.500. The molecule has 0 saturated heterocycles. The molecule has 3 N–H and O–H groups in total. The van der Waals surface area contributed by atoms with Crippen LogP contribution in [0, 0.1) is 0 Å². The zero-order chi connectivity index (χ0) is 18.9. The smallest absolute Gasteiger partial charge is 0.251 e. The van der Waals surface area contributed by atoms with Crippen molar-refractivity contribution in [3.05, 3.63) is 29.8 Å². The van der Waals surface area contributed by atoms with Crippen LogP contribution >= 0.6 is 11.8 Å². The maximum atomic E-state index is 12.4. The van der Waals surface area contributed by atoms with Gasteiger partial charge in [0.25, 0.3) is 5.91 Å². The first-order valence-corrected chi connectivity index (χ1v) is 9.93. The number of thioether (sulfide) groups is 1. The Labute approximate surface area is 157 Å². The van der Waals surface area contributed by atoms with E-state index < -0.39 is 6.04 Å². The Morgan fingerprint density at radius 1 is 1.23 bits per heavy atom. The van der Waals surface area contributed by atoms with Crippen LogP contribution in [0.2, 0.25) is 0 Å². The molecule has 1 aliphatic rings. The third-order valence-corrected chi connectivity index (χ3v) is 4.59. The second-order valence-corrected chi connectivity index (χ2v) is 7.08. The lowest BCUT2D eigenvalue weighted by molar-refractivity contribution is -0.127. The summed E-state index contributed by atoms with van der Waals surface area (Å²) in [6.45, 7) is -0.0799. The van der Waals surface area contributed by atoms with Crippen LogP contribution in [0.15, 0.2) is 24.3 Å². The third kappa shape index (κ3) is 6.59. The van der Waals surface area contributed by atoms with Gasteiger partial charge >= 0.3 is 0 Å². The van der Waals surface area contributed by atoms with Crippen LogP contribution < -0.4 is 20.7 Å². The molecule has 0 aromatic heterocycles. The van der Waals surface area contributed by atoms with E-state index in [0.29, 0.717) is 17.7 Å². The zero-order valence-electron chi connectivity index (χ0n) is 15.0. The average molecular weight is 379 g/mol. The average Bonchev–Trinajstić information content (AvgIpc) is 3.46. The normalized spacial score (nSPS) is 14.2. The fourth-order valence-corrected chi connectivity index (χ4v) is 2.76. The summed E-state index contributed by atoms with van der Waals surface area (Å²) in [7, 11) is 1.55. The highest BCUT2D eigenvalue weighted by Gasteiger charge is 2.25. The summed E-state index contributed by atoms with van der Waals surface area (Å²) >= 11 is 1.59. The quantitative estimate of drug-likeness (QED) is 0.562. The number of carbonyl (C=O) groups is 3. The van der Waals surface area contributed by atoms with Crippen molar-refractivity contribution >= 4 is 29.5 Å². The lowest BCUT2D eigenvalue weighted by Crippen LogP contribution is -2.49. The van der Waals surface area contributed by atoms with Gasteiger partial charge in [-0.2, -0.15) is 11.8 Å². The molecule has 2 rings (SSSR count). The number of benzene rings is 1. The minimum absolute atomic E-state index is 0.0799. The van der Waals surface area contributed by atoms with Crippen molar-refractivity contribution in [1.29, 1.82) is 0 Å². The minimum Gasteiger partial charge on any atom is -0.497 e. The lowest BCUT2D eigenvalue weighted by Gasteiger charge is -2.18. The number of hydrogen-bond donors (Lipinski definition) is 3. The summed E-state index contributed by atoms with van der Waals surface area (Å²) in [6.07, 6.45) is 4.41. The number of methoxy groups -OCH3 is 1. The molecule has 142 valence electrons. The number of ether oxygens (including phenoxy) is 1. The molecule has 1 atom stereocenters. The van der Waals surface area contributed by atoms with Crippen molar-refractivity contribution in [1.82, 2.24) is 16.0 Å². The molecule has 0 radical (unpaired) electrons. The van der Waals surface area contributed by atoms with Gasteiger partial charge in [0, 0.05) is 11.6 Å². The van der Waals surface area contributed by atoms with E-state index in [-0.39, 0.29) is 30.3 Å². The molecule has 0 aliphatic heterocycles. The van der Waals surface area contributed by atoms with Gasteiger partial charge in [0.15, 0.2) is 0 Å². The molecule has 1 fully saturated rings. The van der Waals surface area contributed by atoms with Gasteiger partial charge in [0.2, 0.25) is 11.8 Å². The minimum atomic E-state index is -0.689. The topological polar surface area (TPSA) is 96.5 Å². The summed E-state index contributed by atoms with van der Waals surface area (Å²) < 4.78 is 5.07. The van der Waals surface area contributed by atoms with Crippen LogP contribution in [0.3, 0.4) is 0 Å². The first-order valence-electron chi connectivity index (χ1n) is 8.54. The highest BCUT2D eigenvalue weighted by atomic mass is 32.2. The molecule has 8 heteroatoms. The SMILES string of the molecule is COc1ccc(C(=O)N[C@H](CCSC)C(=O)NCC(=O)NC2CC2)cc1. The molecule has 3 amide bonds. The number of amides is 3. The van der Waals surface area contributed by atoms with Gasteiger partial charge < -0.3 is 20.7 Å². The Kier molecular flexibility index (Phi) is 7.77. The second kappa shape index (κ2) is 10.1. The number of carbonyl (C=O) groups excluding carboxylic acids is 3. The Bertz CT molecular complexity index is 632. The lowest BCUT2D eigenvalue weighted by atomic mass is 10.1. The molecular weight excluding hydrogens is 354 g/mol. The van der Waals surface area contributed by atoms with Gasteiger partial charge in [-0.25, -0.2) is 0 Å². The highest BCUT2D eigenvalue weighted by Crippen LogP contribution is 2.18. The Morgan fingerprint density at radius 3 is 2.50 bits per heavy atom. The predicted molar refractivity (Wildman–Crippen MR) is 101 cm³/mol. The van der Waals surface area contributed by atoms with Crippen LogP contribution in [0.5, 0.6) is 5.75 Å². The largest absolute Gasteiger partial charge is 0.497 e. The van der Waals surface area contributed by atoms with Gasteiger partial charge in [-0.05, 0) is 55.5 Å². The van der Waals surface area contributed by atoms with Crippen molar-refractivity contribution in [3.63, 3.8) is 0 Å². The fourth-order valence-electron chi connectivity index (χ4n) is 2.29. The molecule has 0 bridgehead atoms. The highest BCUT2D eigenvalue weighted by molar-refractivity contribution is 7.98. The second-order valence-electron chi connectivity index (χ2n) is 6.10. The van der Waals surface area contributed by atoms with Crippen LogP contribution in [-0.4, -0.2) is 55.5 Å². The maximum Gasteiger partial charge on any atom is 0.251 e. The van der Waals surface area contributed by atoms with Crippen molar-refractivity contribution in [3.8, 4) is 5.75 Å². The van der Waals surface area contributed by atoms with Crippen molar-refractivity contribution in [2.45, 2.75) is 31.3 Å². The van der Waals surface area contributed by atoms with E-state index in [4.69, 9.17) is 4.74 Å². The molecule has 0 heterocycles. The Hall–Kier alpha value is -2.22. The van der Waals surface area contributed by atoms with Crippen LogP contribution in [0.1, 0.15) is 29.6 Å². The molecule has 1 saturated carbocycles. The first kappa shape index (κ1) is 20.1. The monoisotopic (exact) mass is 379 g/mol. The number of hydrogen-bond acceptors (Lipinski definition) is 5. The van der Waals surface area contributed by atoms with E-state index in [1.807, 2.05) is 6.26 Å². The Morgan fingerprint density at radius 2 is 1.92 bits per heavy atom. The van der Waals surface area contributed by atoms with E-state index in [2.05, 4.69) is 16.0 Å². The maximum absolute atomic E-state index is 12.4. The van der Waals surface area contributed by atoms with Gasteiger partial charge in [-0.3, -0.25) is 14.4 Å². The van der Waals surface area contributed by atoms with Crippen molar-refractivity contribution < 1.29 is 19.1 Å². The Balaban J connectivity index is 1.89. The molecule has 1 aromatic rings. The van der Waals surface area contributed by atoms with E-state index in [1.54, 1.807) is 43.1 Å². The summed E-state index contributed by atoms with van der Waals surface area (Å²) in [6, 6.07) is 6.22. The van der Waals surface area contributed by atoms with Gasteiger partial charge in [0.1, 0.15) is 11.8 Å². The van der Waals surface area contributed by atoms with Gasteiger partial charge in [-0.1, -0.05) is 0 Å². The van der Waals surface area contributed by atoms with E-state index >= 15 is 0 Å². The third-order valence-electron chi connectivity index (χ3n) is 3.95. The summed E-state index contributed by atoms with van der Waals surface area (Å²) in [5.41, 5.74) is 0.444. The van der Waals surface area contributed by atoms with Gasteiger partial charge in [0.05, 0.1) is 13.7 Å². The van der Waals surface area contributed by atoms with Crippen molar-refractivity contribution in [2.24, 2.45) is 0 Å². The number of nitrogens with one attached hydrogen (secondary N) is 3. The summed E-state index contributed by atoms with van der Waals surface area (Å²) in [5, 5.41) is 8.16. The van der Waals surface area contributed by atoms with Crippen LogP contribution in [-0.2, 0) is 9.59 Å². The zero-order valence-corrected chi connectivity index (χ0v) is 15.9. The van der Waals surface area contributed by atoms with Crippen LogP contribution in [0.25, 0.3) is 0 Å². The molecule has 0 unspecified atom stereocenters. The van der Waals surface area contributed by atoms with Crippen molar-refractivity contribution in [2.75, 3.05) is 25.7 Å². The standard InChI is InChI=1S/C18H25N3O4S/c1-25-14-7-3-12(4-8-14)17(23)21-15(9-10-26-2)18(24)19-11-16(22)20-13-5-6-13/h3-4,7-8,13,15H,5-6,9-11H2,1-2H3,(H,19,24)(H,20,22)(H,21,23)/t15-/m1/s1. The molecule has 0 spiro atoms.